The lowest BCUT2D eigenvalue weighted by Crippen LogP contribution is -3.11. The minimum absolute atomic E-state index is 0.114. The molecular formula is C20H23FN3O4+. The molecule has 0 fully saturated rings. The van der Waals surface area contributed by atoms with E-state index in [9.17, 15) is 14.0 Å². The molecule has 148 valence electrons. The lowest BCUT2D eigenvalue weighted by atomic mass is 10.1. The van der Waals surface area contributed by atoms with Crippen molar-refractivity contribution in [3.05, 3.63) is 53.8 Å². The fourth-order valence-electron chi connectivity index (χ4n) is 2.91. The third kappa shape index (κ3) is 5.20. The highest BCUT2D eigenvalue weighted by molar-refractivity contribution is 5.91. The summed E-state index contributed by atoms with van der Waals surface area (Å²) in [5, 5.41) is 5.60. The molecule has 0 saturated carbocycles. The molecule has 1 aliphatic rings. The van der Waals surface area contributed by atoms with Gasteiger partial charge in [-0.05, 0) is 48.9 Å². The Hall–Kier alpha value is -3.13. The van der Waals surface area contributed by atoms with Crippen LogP contribution in [0.25, 0.3) is 0 Å². The summed E-state index contributed by atoms with van der Waals surface area (Å²) < 4.78 is 23.5. The monoisotopic (exact) mass is 388 g/mol. The van der Waals surface area contributed by atoms with Crippen molar-refractivity contribution in [2.24, 2.45) is 0 Å². The van der Waals surface area contributed by atoms with Crippen molar-refractivity contribution in [3.8, 4) is 11.5 Å². The van der Waals surface area contributed by atoms with E-state index < -0.39 is 0 Å². The molecule has 7 nitrogen and oxygen atoms in total. The molecule has 0 aromatic heterocycles. The molecule has 2 aromatic rings. The number of carbonyl (C=O) groups is 2. The summed E-state index contributed by atoms with van der Waals surface area (Å²) in [4.78, 5) is 25.1. The SMILES string of the molecule is C[C@@H](NC(=O)C[NH+](C)CC(=O)Nc1ccc(F)cc1)c1ccc2c(c1)OCO2. The number of fused-ring (bicyclic) bond motifs is 1. The van der Waals surface area contributed by atoms with Gasteiger partial charge in [-0.1, -0.05) is 6.07 Å². The summed E-state index contributed by atoms with van der Waals surface area (Å²) >= 11 is 0. The molecule has 3 rings (SSSR count). The van der Waals surface area contributed by atoms with Crippen LogP contribution in [0.1, 0.15) is 18.5 Å². The number of hydrogen-bond acceptors (Lipinski definition) is 4. The fraction of sp³-hybridized carbons (Fsp3) is 0.300. The normalized spacial score (nSPS) is 14.2. The lowest BCUT2D eigenvalue weighted by Gasteiger charge is -2.17. The molecule has 2 atom stereocenters. The number of rotatable bonds is 7. The number of quaternary nitrogens is 1. The molecule has 2 amide bonds. The van der Waals surface area contributed by atoms with Crippen LogP contribution < -0.4 is 25.0 Å². The number of ether oxygens (including phenoxy) is 2. The van der Waals surface area contributed by atoms with Crippen LogP contribution >= 0.6 is 0 Å². The molecule has 8 heteroatoms. The zero-order valence-electron chi connectivity index (χ0n) is 15.8. The Labute approximate surface area is 162 Å². The number of halogens is 1. The molecule has 28 heavy (non-hydrogen) atoms. The number of anilines is 1. The Morgan fingerprint density at radius 3 is 2.50 bits per heavy atom. The number of hydrogen-bond donors (Lipinski definition) is 3. The standard InChI is InChI=1S/C20H22FN3O4/c1-13(14-3-8-17-18(9-14)28-12-27-17)22-19(25)10-24(2)11-20(26)23-16-6-4-15(21)5-7-16/h3-9,13H,10-12H2,1-2H3,(H,22,25)(H,23,26)/p+1/t13-/m1/s1. The van der Waals surface area contributed by atoms with E-state index in [2.05, 4.69) is 10.6 Å². The van der Waals surface area contributed by atoms with Crippen molar-refractivity contribution in [1.29, 1.82) is 0 Å². The van der Waals surface area contributed by atoms with Crippen molar-refractivity contribution >= 4 is 17.5 Å². The van der Waals surface area contributed by atoms with Crippen LogP contribution in [-0.2, 0) is 9.59 Å². The Morgan fingerprint density at radius 1 is 1.07 bits per heavy atom. The Bertz CT molecular complexity index is 857. The molecule has 1 unspecified atom stereocenters. The number of likely N-dealkylation sites (N-methyl/N-ethyl adjacent to an activating group) is 1. The molecule has 2 aromatic carbocycles. The van der Waals surface area contributed by atoms with Gasteiger partial charge in [-0.3, -0.25) is 9.59 Å². The first-order valence-corrected chi connectivity index (χ1v) is 8.96. The van der Waals surface area contributed by atoms with Gasteiger partial charge in [0.05, 0.1) is 13.1 Å². The second kappa shape index (κ2) is 8.71. The van der Waals surface area contributed by atoms with Gasteiger partial charge in [0.1, 0.15) is 5.82 Å². The number of amides is 2. The van der Waals surface area contributed by atoms with Gasteiger partial charge in [0, 0.05) is 5.69 Å². The van der Waals surface area contributed by atoms with E-state index in [0.29, 0.717) is 17.2 Å². The third-order valence-corrected chi connectivity index (χ3v) is 4.33. The average Bonchev–Trinajstić information content (AvgIpc) is 3.10. The van der Waals surface area contributed by atoms with E-state index in [1.54, 1.807) is 7.05 Å². The van der Waals surface area contributed by atoms with E-state index in [4.69, 9.17) is 9.47 Å². The summed E-state index contributed by atoms with van der Waals surface area (Å²) in [6, 6.07) is 10.9. The summed E-state index contributed by atoms with van der Waals surface area (Å²) in [6.07, 6.45) is 0. The molecule has 0 saturated heterocycles. The zero-order valence-corrected chi connectivity index (χ0v) is 15.8. The third-order valence-electron chi connectivity index (χ3n) is 4.33. The molecule has 3 N–H and O–H groups in total. The fourth-order valence-corrected chi connectivity index (χ4v) is 2.91. The van der Waals surface area contributed by atoms with Crippen LogP contribution in [0.3, 0.4) is 0 Å². The lowest BCUT2D eigenvalue weighted by molar-refractivity contribution is -0.862. The first-order chi connectivity index (χ1) is 13.4. The van der Waals surface area contributed by atoms with Gasteiger partial charge in [0.25, 0.3) is 11.8 Å². The van der Waals surface area contributed by atoms with Gasteiger partial charge in [-0.2, -0.15) is 0 Å². The van der Waals surface area contributed by atoms with Gasteiger partial charge < -0.3 is 25.0 Å². The van der Waals surface area contributed by atoms with Gasteiger partial charge in [-0.25, -0.2) is 4.39 Å². The van der Waals surface area contributed by atoms with Gasteiger partial charge in [0.15, 0.2) is 24.6 Å². The molecule has 0 radical (unpaired) electrons. The highest BCUT2D eigenvalue weighted by Crippen LogP contribution is 2.34. The van der Waals surface area contributed by atoms with Crippen LogP contribution in [0.4, 0.5) is 10.1 Å². The number of carbonyl (C=O) groups excluding carboxylic acids is 2. The minimum Gasteiger partial charge on any atom is -0.454 e. The zero-order chi connectivity index (χ0) is 20.1. The summed E-state index contributed by atoms with van der Waals surface area (Å²) in [5.74, 6) is 0.574. The highest BCUT2D eigenvalue weighted by atomic mass is 19.1. The Morgan fingerprint density at radius 2 is 1.75 bits per heavy atom. The Kier molecular flexibility index (Phi) is 6.10. The second-order valence-corrected chi connectivity index (χ2v) is 6.77. The van der Waals surface area contributed by atoms with Crippen LogP contribution in [0.15, 0.2) is 42.5 Å². The maximum absolute atomic E-state index is 12.9. The molecule has 1 aliphatic heterocycles. The molecule has 0 spiro atoms. The first-order valence-electron chi connectivity index (χ1n) is 8.96. The molecule has 0 bridgehead atoms. The van der Waals surface area contributed by atoms with Crippen LogP contribution in [0.5, 0.6) is 11.5 Å². The minimum atomic E-state index is -0.367. The van der Waals surface area contributed by atoms with E-state index in [1.807, 2.05) is 25.1 Å². The van der Waals surface area contributed by atoms with E-state index in [-0.39, 0.29) is 43.6 Å². The van der Waals surface area contributed by atoms with Crippen molar-refractivity contribution in [2.45, 2.75) is 13.0 Å². The number of benzene rings is 2. The van der Waals surface area contributed by atoms with Crippen LogP contribution in [-0.4, -0.2) is 38.7 Å². The predicted octanol–water partition coefficient (Wildman–Crippen LogP) is 0.885. The molecular weight excluding hydrogens is 365 g/mol. The van der Waals surface area contributed by atoms with Crippen LogP contribution in [0.2, 0.25) is 0 Å². The summed E-state index contributed by atoms with van der Waals surface area (Å²) in [5.41, 5.74) is 1.42. The van der Waals surface area contributed by atoms with Crippen molar-refractivity contribution in [1.82, 2.24) is 5.32 Å². The predicted molar refractivity (Wildman–Crippen MR) is 101 cm³/mol. The maximum atomic E-state index is 12.9. The first kappa shape index (κ1) is 19.6. The van der Waals surface area contributed by atoms with Crippen LogP contribution in [0, 0.1) is 5.82 Å². The van der Waals surface area contributed by atoms with E-state index >= 15 is 0 Å². The largest absolute Gasteiger partial charge is 0.454 e. The topological polar surface area (TPSA) is 81.1 Å². The van der Waals surface area contributed by atoms with Crippen molar-refractivity contribution in [3.63, 3.8) is 0 Å². The van der Waals surface area contributed by atoms with E-state index in [0.717, 1.165) is 10.5 Å². The summed E-state index contributed by atoms with van der Waals surface area (Å²) in [6.45, 7) is 2.34. The van der Waals surface area contributed by atoms with Gasteiger partial charge in [-0.15, -0.1) is 0 Å². The smallest absolute Gasteiger partial charge is 0.279 e. The van der Waals surface area contributed by atoms with Crippen molar-refractivity contribution in [2.75, 3.05) is 32.2 Å². The maximum Gasteiger partial charge on any atom is 0.279 e. The van der Waals surface area contributed by atoms with E-state index in [1.165, 1.54) is 24.3 Å². The molecule has 0 aliphatic carbocycles. The summed E-state index contributed by atoms with van der Waals surface area (Å²) in [7, 11) is 1.76. The van der Waals surface area contributed by atoms with Crippen molar-refractivity contribution < 1.29 is 28.4 Å². The second-order valence-electron chi connectivity index (χ2n) is 6.77. The number of nitrogens with one attached hydrogen (secondary N) is 3. The molecule has 1 heterocycles. The van der Waals surface area contributed by atoms with Gasteiger partial charge >= 0.3 is 0 Å². The average molecular weight is 388 g/mol. The quantitative estimate of drug-likeness (QED) is 0.658. The highest BCUT2D eigenvalue weighted by Gasteiger charge is 2.19. The Balaban J connectivity index is 1.45. The van der Waals surface area contributed by atoms with Gasteiger partial charge in [0.2, 0.25) is 6.79 Å².